The molecule has 0 atom stereocenters. The zero-order valence-corrected chi connectivity index (χ0v) is 9.61. The van der Waals surface area contributed by atoms with Crippen LogP contribution in [0, 0.1) is 11.3 Å². The molecule has 3 nitrogen and oxygen atoms in total. The minimum atomic E-state index is -5.32. The van der Waals surface area contributed by atoms with E-state index >= 15 is 0 Å². The number of aromatic nitrogens is 1. The van der Waals surface area contributed by atoms with Gasteiger partial charge in [0.05, 0.1) is 5.56 Å². The molecule has 10 heteroatoms. The first-order chi connectivity index (χ1) is 8.04. The normalized spacial score (nSPS) is 12.1. The molecule has 0 amide bonds. The van der Waals surface area contributed by atoms with Crippen LogP contribution in [0.25, 0.3) is 0 Å². The van der Waals surface area contributed by atoms with Crippen LogP contribution in [0.4, 0.5) is 26.3 Å². The Balaban J connectivity index is 3.41. The van der Waals surface area contributed by atoms with E-state index in [2.05, 4.69) is 25.7 Å². The Labute approximate surface area is 104 Å². The molecule has 0 spiro atoms. The Morgan fingerprint density at radius 3 is 2.17 bits per heavy atom. The monoisotopic (exact) mass is 334 g/mol. The number of nitriles is 1. The summed E-state index contributed by atoms with van der Waals surface area (Å²) in [4.78, 5) is 2.84. The molecular weight excluding hydrogens is 334 g/mol. The van der Waals surface area contributed by atoms with Crippen LogP contribution in [-0.2, 0) is 6.18 Å². The fourth-order valence-corrected chi connectivity index (χ4v) is 1.34. The van der Waals surface area contributed by atoms with Gasteiger partial charge in [0, 0.05) is 6.07 Å². The summed E-state index contributed by atoms with van der Waals surface area (Å²) in [5.41, 5.74) is -2.38. The highest BCUT2D eigenvalue weighted by Crippen LogP contribution is 2.38. The van der Waals surface area contributed by atoms with Crippen molar-refractivity contribution in [1.29, 1.82) is 5.26 Å². The SMILES string of the molecule is N#Cc1cc(OC(F)(F)F)c(C(F)(F)F)nc1Br. The third kappa shape index (κ3) is 3.49. The van der Waals surface area contributed by atoms with Gasteiger partial charge >= 0.3 is 12.5 Å². The summed E-state index contributed by atoms with van der Waals surface area (Å²) < 4.78 is 75.8. The minimum Gasteiger partial charge on any atom is -0.403 e. The number of alkyl halides is 6. The maximum Gasteiger partial charge on any atom is 0.573 e. The standard InChI is InChI=1S/C8HBrF6N2O/c9-6-3(2-16)1-4(18-8(13,14)15)5(17-6)7(10,11)12/h1H. The van der Waals surface area contributed by atoms with Gasteiger partial charge in [0.2, 0.25) is 0 Å². The van der Waals surface area contributed by atoms with Gasteiger partial charge in [-0.2, -0.15) is 18.4 Å². The minimum absolute atomic E-state index is 0.313. The summed E-state index contributed by atoms with van der Waals surface area (Å²) >= 11 is 2.54. The highest BCUT2D eigenvalue weighted by Gasteiger charge is 2.41. The summed E-state index contributed by atoms with van der Waals surface area (Å²) in [6, 6.07) is 1.69. The van der Waals surface area contributed by atoms with Gasteiger partial charge in [-0.1, -0.05) is 0 Å². The molecule has 1 rings (SSSR count). The molecule has 0 aliphatic carbocycles. The zero-order chi connectivity index (χ0) is 14.1. The van der Waals surface area contributed by atoms with Crippen molar-refractivity contribution >= 4 is 15.9 Å². The Bertz CT molecular complexity index is 504. The molecule has 0 saturated carbocycles. The van der Waals surface area contributed by atoms with Gasteiger partial charge in [-0.05, 0) is 15.9 Å². The summed E-state index contributed by atoms with van der Waals surface area (Å²) in [7, 11) is 0. The van der Waals surface area contributed by atoms with E-state index in [0.29, 0.717) is 6.07 Å². The molecule has 0 aliphatic heterocycles. The molecule has 1 heterocycles. The molecule has 0 fully saturated rings. The van der Waals surface area contributed by atoms with Crippen molar-refractivity contribution in [3.63, 3.8) is 0 Å². The molecule has 0 N–H and O–H groups in total. The average Bonchev–Trinajstić information content (AvgIpc) is 2.16. The van der Waals surface area contributed by atoms with Crippen LogP contribution in [0.1, 0.15) is 11.3 Å². The Morgan fingerprint density at radius 2 is 1.78 bits per heavy atom. The summed E-state index contributed by atoms with van der Waals surface area (Å²) in [5.74, 6) is -1.57. The molecule has 1 aromatic heterocycles. The molecule has 0 radical (unpaired) electrons. The van der Waals surface area contributed by atoms with Crippen molar-refractivity contribution in [3.05, 3.63) is 21.9 Å². The second kappa shape index (κ2) is 4.64. The predicted octanol–water partition coefficient (Wildman–Crippen LogP) is 3.63. The largest absolute Gasteiger partial charge is 0.573 e. The number of hydrogen-bond donors (Lipinski definition) is 0. The summed E-state index contributed by atoms with van der Waals surface area (Å²) in [6.07, 6.45) is -10.5. The van der Waals surface area contributed by atoms with E-state index in [1.807, 2.05) is 0 Å². The van der Waals surface area contributed by atoms with Gasteiger partial charge < -0.3 is 4.74 Å². The molecule has 0 unspecified atom stereocenters. The predicted molar refractivity (Wildman–Crippen MR) is 48.3 cm³/mol. The van der Waals surface area contributed by atoms with Gasteiger partial charge in [-0.15, -0.1) is 13.2 Å². The first-order valence-electron chi connectivity index (χ1n) is 3.98. The van der Waals surface area contributed by atoms with Crippen molar-refractivity contribution in [2.24, 2.45) is 0 Å². The summed E-state index contributed by atoms with van der Waals surface area (Å²) in [6.45, 7) is 0. The van der Waals surface area contributed by atoms with Gasteiger partial charge in [-0.25, -0.2) is 4.98 Å². The third-order valence-corrected chi connectivity index (χ3v) is 2.16. The fourth-order valence-electron chi connectivity index (χ4n) is 0.956. The Morgan fingerprint density at radius 1 is 1.22 bits per heavy atom. The second-order valence-electron chi connectivity index (χ2n) is 2.83. The van der Waals surface area contributed by atoms with Crippen molar-refractivity contribution in [2.75, 3.05) is 0 Å². The van der Waals surface area contributed by atoms with Crippen molar-refractivity contribution in [1.82, 2.24) is 4.98 Å². The maximum absolute atomic E-state index is 12.4. The number of hydrogen-bond acceptors (Lipinski definition) is 3. The van der Waals surface area contributed by atoms with Crippen LogP contribution < -0.4 is 4.74 Å². The number of nitrogens with zero attached hydrogens (tertiary/aromatic N) is 2. The van der Waals surface area contributed by atoms with Crippen molar-refractivity contribution < 1.29 is 31.1 Å². The van der Waals surface area contributed by atoms with E-state index in [9.17, 15) is 26.3 Å². The smallest absolute Gasteiger partial charge is 0.403 e. The highest BCUT2D eigenvalue weighted by atomic mass is 79.9. The van der Waals surface area contributed by atoms with Crippen molar-refractivity contribution in [3.8, 4) is 11.8 Å². The average molecular weight is 335 g/mol. The molecule has 0 aromatic carbocycles. The number of rotatable bonds is 1. The van der Waals surface area contributed by atoms with E-state index in [1.54, 1.807) is 0 Å². The first-order valence-corrected chi connectivity index (χ1v) is 4.77. The van der Waals surface area contributed by atoms with Gasteiger partial charge in [0.1, 0.15) is 10.7 Å². The lowest BCUT2D eigenvalue weighted by atomic mass is 10.2. The number of halogens is 7. The van der Waals surface area contributed by atoms with Crippen LogP contribution in [0.15, 0.2) is 10.7 Å². The lowest BCUT2D eigenvalue weighted by molar-refractivity contribution is -0.276. The molecule has 0 saturated heterocycles. The van der Waals surface area contributed by atoms with Crippen LogP contribution in [0.3, 0.4) is 0 Å². The lowest BCUT2D eigenvalue weighted by Crippen LogP contribution is -2.21. The van der Waals surface area contributed by atoms with Gasteiger partial charge in [0.15, 0.2) is 11.4 Å². The lowest BCUT2D eigenvalue weighted by Gasteiger charge is -2.15. The third-order valence-electron chi connectivity index (χ3n) is 1.56. The number of ether oxygens (including phenoxy) is 1. The molecule has 0 bridgehead atoms. The molecular formula is C8HBrF6N2O. The Kier molecular flexibility index (Phi) is 3.75. The van der Waals surface area contributed by atoms with Crippen LogP contribution in [0.5, 0.6) is 5.75 Å². The van der Waals surface area contributed by atoms with Gasteiger partial charge in [0.25, 0.3) is 0 Å². The van der Waals surface area contributed by atoms with Crippen LogP contribution in [0.2, 0.25) is 0 Å². The molecule has 18 heavy (non-hydrogen) atoms. The number of pyridine rings is 1. The van der Waals surface area contributed by atoms with E-state index in [1.165, 1.54) is 6.07 Å². The van der Waals surface area contributed by atoms with E-state index in [-0.39, 0.29) is 0 Å². The van der Waals surface area contributed by atoms with Crippen molar-refractivity contribution in [2.45, 2.75) is 12.5 Å². The van der Waals surface area contributed by atoms with E-state index < -0.39 is 34.1 Å². The van der Waals surface area contributed by atoms with Crippen LogP contribution >= 0.6 is 15.9 Å². The van der Waals surface area contributed by atoms with Crippen LogP contribution in [-0.4, -0.2) is 11.3 Å². The first kappa shape index (κ1) is 14.6. The quantitative estimate of drug-likeness (QED) is 0.582. The van der Waals surface area contributed by atoms with Gasteiger partial charge in [-0.3, -0.25) is 0 Å². The Hall–Kier alpha value is -1.50. The van der Waals surface area contributed by atoms with E-state index in [4.69, 9.17) is 5.26 Å². The van der Waals surface area contributed by atoms with E-state index in [0.717, 1.165) is 0 Å². The second-order valence-corrected chi connectivity index (χ2v) is 3.58. The molecule has 98 valence electrons. The maximum atomic E-state index is 12.4. The fraction of sp³-hybridized carbons (Fsp3) is 0.250. The zero-order valence-electron chi connectivity index (χ0n) is 8.03. The molecule has 1 aromatic rings. The molecule has 0 aliphatic rings. The highest BCUT2D eigenvalue weighted by molar-refractivity contribution is 9.10. The summed E-state index contributed by atoms with van der Waals surface area (Å²) in [5, 5.41) is 8.50. The topological polar surface area (TPSA) is 45.9 Å².